The number of rotatable bonds is 6. The molecule has 0 aliphatic carbocycles. The molecule has 1 N–H and O–H groups in total. The van der Waals surface area contributed by atoms with Gasteiger partial charge in [-0.15, -0.1) is 0 Å². The maximum atomic E-state index is 13.3. The largest absolute Gasteiger partial charge is 0.463 e. The summed E-state index contributed by atoms with van der Waals surface area (Å²) in [4.78, 5) is 18.0. The van der Waals surface area contributed by atoms with Gasteiger partial charge in [0.05, 0.1) is 29.5 Å². The van der Waals surface area contributed by atoms with Crippen LogP contribution in [0.3, 0.4) is 0 Å². The van der Waals surface area contributed by atoms with Crippen molar-refractivity contribution in [3.63, 3.8) is 0 Å². The predicted molar refractivity (Wildman–Crippen MR) is 120 cm³/mol. The van der Waals surface area contributed by atoms with Gasteiger partial charge in [-0.2, -0.15) is 10.2 Å². The van der Waals surface area contributed by atoms with Crippen LogP contribution in [-0.2, 0) is 20.1 Å². The number of aryl methyl sites for hydroxylation is 2. The molecule has 0 saturated heterocycles. The number of benzene rings is 1. The van der Waals surface area contributed by atoms with Crippen LogP contribution in [0.5, 0.6) is 0 Å². The number of furan rings is 1. The summed E-state index contributed by atoms with van der Waals surface area (Å²) in [5, 5.41) is 12.6. The van der Waals surface area contributed by atoms with Crippen molar-refractivity contribution in [3.05, 3.63) is 89.6 Å². The van der Waals surface area contributed by atoms with Gasteiger partial charge in [-0.1, -0.05) is 24.3 Å². The molecule has 4 heterocycles. The Morgan fingerprint density at radius 2 is 1.97 bits per heavy atom. The molecule has 0 fully saturated rings. The van der Waals surface area contributed by atoms with E-state index in [2.05, 4.69) is 20.5 Å². The molecule has 0 unspecified atom stereocenters. The molecule has 4 aromatic heterocycles. The van der Waals surface area contributed by atoms with E-state index in [4.69, 9.17) is 4.42 Å². The fraction of sp³-hybridized carbons (Fsp3) is 0.167. The smallest absolute Gasteiger partial charge is 0.252 e. The van der Waals surface area contributed by atoms with Crippen LogP contribution in [0.1, 0.15) is 27.2 Å². The highest BCUT2D eigenvalue weighted by Gasteiger charge is 2.20. The molecule has 0 radical (unpaired) electrons. The van der Waals surface area contributed by atoms with Crippen LogP contribution in [0.4, 0.5) is 0 Å². The lowest BCUT2D eigenvalue weighted by atomic mass is 10.1. The molecular weight excluding hydrogens is 404 g/mol. The van der Waals surface area contributed by atoms with E-state index in [1.54, 1.807) is 29.3 Å². The molecule has 0 spiro atoms. The van der Waals surface area contributed by atoms with Crippen LogP contribution in [0, 0.1) is 6.92 Å². The highest BCUT2D eigenvalue weighted by Crippen LogP contribution is 2.27. The Morgan fingerprint density at radius 3 is 2.72 bits per heavy atom. The van der Waals surface area contributed by atoms with Crippen molar-refractivity contribution in [3.8, 4) is 11.5 Å². The Hall–Kier alpha value is -4.20. The molecule has 8 heteroatoms. The number of fused-ring (bicyclic) bond motifs is 1. The highest BCUT2D eigenvalue weighted by molar-refractivity contribution is 6.07. The van der Waals surface area contributed by atoms with Crippen molar-refractivity contribution < 1.29 is 9.21 Å². The molecule has 5 aromatic rings. The Morgan fingerprint density at radius 1 is 1.12 bits per heavy atom. The lowest BCUT2D eigenvalue weighted by Crippen LogP contribution is -2.24. The fourth-order valence-corrected chi connectivity index (χ4v) is 3.90. The minimum Gasteiger partial charge on any atom is -0.463 e. The van der Waals surface area contributed by atoms with Crippen LogP contribution >= 0.6 is 0 Å². The lowest BCUT2D eigenvalue weighted by molar-refractivity contribution is 0.0952. The second-order valence-electron chi connectivity index (χ2n) is 7.60. The van der Waals surface area contributed by atoms with E-state index in [0.29, 0.717) is 35.8 Å². The minimum atomic E-state index is -0.185. The average Bonchev–Trinajstić information content (AvgIpc) is 3.56. The van der Waals surface area contributed by atoms with E-state index in [1.165, 1.54) is 0 Å². The third-order valence-corrected chi connectivity index (χ3v) is 5.44. The van der Waals surface area contributed by atoms with Crippen LogP contribution in [0.15, 0.2) is 71.6 Å². The van der Waals surface area contributed by atoms with Gasteiger partial charge in [-0.3, -0.25) is 14.2 Å². The SMILES string of the molecule is Cc1nn(C)c2nc(-c3ccco3)cc(C(=O)NCc3ccccc3Cn3cccn3)c12. The maximum absolute atomic E-state index is 13.3. The fourth-order valence-electron chi connectivity index (χ4n) is 3.90. The Labute approximate surface area is 184 Å². The van der Waals surface area contributed by atoms with Gasteiger partial charge in [-0.05, 0) is 42.3 Å². The number of pyridine rings is 1. The molecular formula is C24H22N6O2. The number of hydrogen-bond donors (Lipinski definition) is 1. The Kier molecular flexibility index (Phi) is 5.03. The molecule has 8 nitrogen and oxygen atoms in total. The summed E-state index contributed by atoms with van der Waals surface area (Å²) in [5.41, 5.74) is 4.65. The van der Waals surface area contributed by atoms with Gasteiger partial charge >= 0.3 is 0 Å². The Balaban J connectivity index is 1.46. The molecule has 0 aliphatic heterocycles. The summed E-state index contributed by atoms with van der Waals surface area (Å²) in [6.45, 7) is 2.92. The minimum absolute atomic E-state index is 0.185. The van der Waals surface area contributed by atoms with Crippen molar-refractivity contribution in [1.82, 2.24) is 29.9 Å². The van der Waals surface area contributed by atoms with E-state index in [1.807, 2.05) is 61.2 Å². The highest BCUT2D eigenvalue weighted by atomic mass is 16.3. The van der Waals surface area contributed by atoms with E-state index in [9.17, 15) is 4.79 Å². The van der Waals surface area contributed by atoms with Crippen molar-refractivity contribution in [2.45, 2.75) is 20.0 Å². The number of hydrogen-bond acceptors (Lipinski definition) is 5. The number of carbonyl (C=O) groups is 1. The topological polar surface area (TPSA) is 90.8 Å². The average molecular weight is 426 g/mol. The zero-order valence-corrected chi connectivity index (χ0v) is 17.8. The first-order valence-corrected chi connectivity index (χ1v) is 10.3. The summed E-state index contributed by atoms with van der Waals surface area (Å²) >= 11 is 0. The first-order chi connectivity index (χ1) is 15.6. The molecule has 0 saturated carbocycles. The van der Waals surface area contributed by atoms with Gasteiger partial charge in [0.1, 0.15) is 5.69 Å². The van der Waals surface area contributed by atoms with E-state index in [-0.39, 0.29) is 5.91 Å². The van der Waals surface area contributed by atoms with Gasteiger partial charge < -0.3 is 9.73 Å². The van der Waals surface area contributed by atoms with E-state index < -0.39 is 0 Å². The quantitative estimate of drug-likeness (QED) is 0.447. The predicted octanol–water partition coefficient (Wildman–Crippen LogP) is 3.71. The summed E-state index contributed by atoms with van der Waals surface area (Å²) in [7, 11) is 1.82. The van der Waals surface area contributed by atoms with Crippen molar-refractivity contribution in [1.29, 1.82) is 0 Å². The number of amides is 1. The first-order valence-electron chi connectivity index (χ1n) is 10.3. The third-order valence-electron chi connectivity index (χ3n) is 5.44. The van der Waals surface area contributed by atoms with E-state index >= 15 is 0 Å². The van der Waals surface area contributed by atoms with Gasteiger partial charge in [-0.25, -0.2) is 4.98 Å². The normalized spacial score (nSPS) is 11.2. The second kappa shape index (κ2) is 8.14. The third kappa shape index (κ3) is 3.66. The van der Waals surface area contributed by atoms with Crippen LogP contribution in [0.2, 0.25) is 0 Å². The van der Waals surface area contributed by atoms with Crippen LogP contribution < -0.4 is 5.32 Å². The van der Waals surface area contributed by atoms with Crippen LogP contribution in [-0.4, -0.2) is 30.5 Å². The molecule has 32 heavy (non-hydrogen) atoms. The van der Waals surface area contributed by atoms with Crippen LogP contribution in [0.25, 0.3) is 22.5 Å². The molecule has 160 valence electrons. The van der Waals surface area contributed by atoms with E-state index in [0.717, 1.165) is 22.2 Å². The number of nitrogens with one attached hydrogen (secondary N) is 1. The van der Waals surface area contributed by atoms with Crippen molar-refractivity contribution in [2.75, 3.05) is 0 Å². The number of nitrogens with zero attached hydrogens (tertiary/aromatic N) is 5. The zero-order valence-electron chi connectivity index (χ0n) is 17.8. The monoisotopic (exact) mass is 426 g/mol. The van der Waals surface area contributed by atoms with Gasteiger partial charge in [0.15, 0.2) is 11.4 Å². The zero-order chi connectivity index (χ0) is 22.1. The summed E-state index contributed by atoms with van der Waals surface area (Å²) in [6.07, 6.45) is 5.27. The molecule has 0 aliphatic rings. The van der Waals surface area contributed by atoms with Crippen molar-refractivity contribution in [2.24, 2.45) is 7.05 Å². The summed E-state index contributed by atoms with van der Waals surface area (Å²) in [6, 6.07) is 15.3. The van der Waals surface area contributed by atoms with Gasteiger partial charge in [0, 0.05) is 26.0 Å². The van der Waals surface area contributed by atoms with Gasteiger partial charge in [0.2, 0.25) is 0 Å². The second-order valence-corrected chi connectivity index (χ2v) is 7.60. The molecule has 0 bridgehead atoms. The lowest BCUT2D eigenvalue weighted by Gasteiger charge is -2.12. The summed E-state index contributed by atoms with van der Waals surface area (Å²) in [5.74, 6) is 0.416. The molecule has 0 atom stereocenters. The molecule has 5 rings (SSSR count). The number of aromatic nitrogens is 5. The first kappa shape index (κ1) is 19.7. The molecule has 1 amide bonds. The number of carbonyl (C=O) groups excluding carboxylic acids is 1. The molecule has 1 aromatic carbocycles. The maximum Gasteiger partial charge on any atom is 0.252 e. The summed E-state index contributed by atoms with van der Waals surface area (Å²) < 4.78 is 9.06. The standard InChI is InChI=1S/C24H22N6O2/c1-16-22-19(13-20(21-9-5-12-32-21)27-23(22)29(2)28-16)24(31)25-14-17-7-3-4-8-18(17)15-30-11-6-10-26-30/h3-13H,14-15H2,1-2H3,(H,25,31). The Bertz CT molecular complexity index is 1380. The van der Waals surface area contributed by atoms with Crippen molar-refractivity contribution >= 4 is 16.9 Å². The van der Waals surface area contributed by atoms with Gasteiger partial charge in [0.25, 0.3) is 5.91 Å².